The molecule has 0 radical (unpaired) electrons. The molecule has 0 unspecified atom stereocenters. The highest BCUT2D eigenvalue weighted by atomic mass is 35.5. The maximum absolute atomic E-state index is 12.6. The van der Waals surface area contributed by atoms with Crippen molar-refractivity contribution in [3.63, 3.8) is 0 Å². The van der Waals surface area contributed by atoms with E-state index < -0.39 is 0 Å². The number of hydrogen-bond acceptors (Lipinski definition) is 2. The van der Waals surface area contributed by atoms with Crippen molar-refractivity contribution in [3.05, 3.63) is 81.9 Å². The molecule has 1 aromatic heterocycles. The summed E-state index contributed by atoms with van der Waals surface area (Å²) in [5, 5.41) is 0.617. The molecular weight excluding hydrogens is 362 g/mol. The second kappa shape index (κ2) is 7.45. The number of aromatic nitrogens is 2. The van der Waals surface area contributed by atoms with Gasteiger partial charge in [0.05, 0.1) is 5.69 Å². The van der Waals surface area contributed by atoms with E-state index in [1.807, 2.05) is 41.4 Å². The smallest absolute Gasteiger partial charge is 0.326 e. The molecular formula is C21H20ClN3O2. The third-order valence-electron chi connectivity index (χ3n) is 5.07. The van der Waals surface area contributed by atoms with Gasteiger partial charge in [-0.25, -0.2) is 4.79 Å². The summed E-state index contributed by atoms with van der Waals surface area (Å²) >= 11 is 5.89. The average Bonchev–Trinajstić information content (AvgIpc) is 3.10. The van der Waals surface area contributed by atoms with Crippen molar-refractivity contribution in [2.45, 2.75) is 18.9 Å². The van der Waals surface area contributed by atoms with Gasteiger partial charge in [0.15, 0.2) is 0 Å². The molecule has 5 nitrogen and oxygen atoms in total. The number of nitrogens with one attached hydrogen (secondary N) is 1. The zero-order valence-electron chi connectivity index (χ0n) is 14.8. The Hall–Kier alpha value is -2.79. The fourth-order valence-electron chi connectivity index (χ4n) is 3.57. The predicted molar refractivity (Wildman–Crippen MR) is 106 cm³/mol. The lowest BCUT2D eigenvalue weighted by molar-refractivity contribution is 0.0693. The number of halogens is 1. The van der Waals surface area contributed by atoms with Gasteiger partial charge in [-0.1, -0.05) is 41.9 Å². The Morgan fingerprint density at radius 2 is 1.67 bits per heavy atom. The summed E-state index contributed by atoms with van der Waals surface area (Å²) in [6.07, 6.45) is 3.40. The van der Waals surface area contributed by atoms with Gasteiger partial charge in [-0.3, -0.25) is 9.36 Å². The number of H-pyrrole nitrogens is 1. The molecule has 0 saturated carbocycles. The summed E-state index contributed by atoms with van der Waals surface area (Å²) in [4.78, 5) is 29.8. The largest absolute Gasteiger partial charge is 0.338 e. The van der Waals surface area contributed by atoms with Crippen molar-refractivity contribution >= 4 is 17.5 Å². The van der Waals surface area contributed by atoms with E-state index in [1.54, 1.807) is 28.8 Å². The van der Waals surface area contributed by atoms with Crippen LogP contribution < -0.4 is 5.69 Å². The van der Waals surface area contributed by atoms with Crippen molar-refractivity contribution < 1.29 is 4.79 Å². The monoisotopic (exact) mass is 381 g/mol. The number of amides is 1. The summed E-state index contributed by atoms with van der Waals surface area (Å²) in [6.45, 7) is 1.26. The van der Waals surface area contributed by atoms with Crippen LogP contribution in [0.4, 0.5) is 0 Å². The standard InChI is InChI=1S/C21H20ClN3O2/c22-17-8-6-16(7-9-17)20(26)24-12-10-18(11-13-24)25-14-19(23-21(25)27)15-4-2-1-3-5-15/h1-9,14,18H,10-13H2,(H,23,27). The highest BCUT2D eigenvalue weighted by molar-refractivity contribution is 6.30. The van der Waals surface area contributed by atoms with E-state index >= 15 is 0 Å². The molecule has 2 heterocycles. The Labute approximate surface area is 162 Å². The van der Waals surface area contributed by atoms with Gasteiger partial charge in [-0.15, -0.1) is 0 Å². The molecule has 1 aliphatic heterocycles. The quantitative estimate of drug-likeness (QED) is 0.746. The molecule has 138 valence electrons. The SMILES string of the molecule is O=C(c1ccc(Cl)cc1)N1CCC(n2cc(-c3ccccc3)[nH]c2=O)CC1. The zero-order chi connectivity index (χ0) is 18.8. The first kappa shape index (κ1) is 17.6. The highest BCUT2D eigenvalue weighted by Gasteiger charge is 2.25. The molecule has 1 fully saturated rings. The lowest BCUT2D eigenvalue weighted by atomic mass is 10.0. The van der Waals surface area contributed by atoms with Crippen LogP contribution in [-0.2, 0) is 0 Å². The molecule has 0 atom stereocenters. The number of rotatable bonds is 3. The summed E-state index contributed by atoms with van der Waals surface area (Å²) < 4.78 is 1.77. The number of carbonyl (C=O) groups is 1. The van der Waals surface area contributed by atoms with Crippen LogP contribution in [0.25, 0.3) is 11.3 Å². The molecule has 6 heteroatoms. The molecule has 0 spiro atoms. The summed E-state index contributed by atoms with van der Waals surface area (Å²) in [5.41, 5.74) is 2.35. The van der Waals surface area contributed by atoms with Gasteiger partial charge in [0.25, 0.3) is 5.91 Å². The second-order valence-electron chi connectivity index (χ2n) is 6.78. The minimum Gasteiger partial charge on any atom is -0.338 e. The van der Waals surface area contributed by atoms with Gasteiger partial charge in [0, 0.05) is 35.9 Å². The van der Waals surface area contributed by atoms with Gasteiger partial charge in [-0.05, 0) is 42.7 Å². The molecule has 27 heavy (non-hydrogen) atoms. The number of imidazole rings is 1. The number of nitrogens with zero attached hydrogens (tertiary/aromatic N) is 2. The maximum Gasteiger partial charge on any atom is 0.326 e. The van der Waals surface area contributed by atoms with Crippen molar-refractivity contribution in [3.8, 4) is 11.3 Å². The van der Waals surface area contributed by atoms with Gasteiger partial charge >= 0.3 is 5.69 Å². The van der Waals surface area contributed by atoms with Crippen LogP contribution >= 0.6 is 11.6 Å². The number of hydrogen-bond donors (Lipinski definition) is 1. The fourth-order valence-corrected chi connectivity index (χ4v) is 3.69. The van der Waals surface area contributed by atoms with Crippen LogP contribution in [0, 0.1) is 0 Å². The van der Waals surface area contributed by atoms with Gasteiger partial charge in [0.2, 0.25) is 0 Å². The molecule has 1 saturated heterocycles. The van der Waals surface area contributed by atoms with E-state index in [0.29, 0.717) is 23.7 Å². The van der Waals surface area contributed by atoms with Crippen LogP contribution in [-0.4, -0.2) is 33.4 Å². The molecule has 1 N–H and O–H groups in total. The Morgan fingerprint density at radius 1 is 1.00 bits per heavy atom. The lowest BCUT2D eigenvalue weighted by Gasteiger charge is -2.32. The predicted octanol–water partition coefficient (Wildman–Crippen LogP) is 3.97. The van der Waals surface area contributed by atoms with Crippen LogP contribution in [0.2, 0.25) is 5.02 Å². The van der Waals surface area contributed by atoms with Crippen LogP contribution in [0.15, 0.2) is 65.6 Å². The third kappa shape index (κ3) is 3.69. The maximum atomic E-state index is 12.6. The zero-order valence-corrected chi connectivity index (χ0v) is 15.5. The summed E-state index contributed by atoms with van der Waals surface area (Å²) in [6, 6.07) is 16.9. The van der Waals surface area contributed by atoms with E-state index in [0.717, 1.165) is 24.1 Å². The van der Waals surface area contributed by atoms with Crippen molar-refractivity contribution in [1.29, 1.82) is 0 Å². The van der Waals surface area contributed by atoms with Crippen LogP contribution in [0.1, 0.15) is 29.2 Å². The Kier molecular flexibility index (Phi) is 4.86. The van der Waals surface area contributed by atoms with Crippen molar-refractivity contribution in [2.24, 2.45) is 0 Å². The third-order valence-corrected chi connectivity index (χ3v) is 5.32. The van der Waals surface area contributed by atoms with Crippen molar-refractivity contribution in [1.82, 2.24) is 14.5 Å². The number of carbonyl (C=O) groups excluding carboxylic acids is 1. The summed E-state index contributed by atoms with van der Waals surface area (Å²) in [7, 11) is 0. The van der Waals surface area contributed by atoms with E-state index in [1.165, 1.54) is 0 Å². The first-order chi connectivity index (χ1) is 13.1. The van der Waals surface area contributed by atoms with E-state index in [-0.39, 0.29) is 17.6 Å². The first-order valence-corrected chi connectivity index (χ1v) is 9.41. The first-order valence-electron chi connectivity index (χ1n) is 9.03. The minimum atomic E-state index is -0.101. The van der Waals surface area contributed by atoms with Gasteiger partial charge in [-0.2, -0.15) is 0 Å². The number of likely N-dealkylation sites (tertiary alicyclic amines) is 1. The van der Waals surface area contributed by atoms with Crippen LogP contribution in [0.3, 0.4) is 0 Å². The number of aromatic amines is 1. The van der Waals surface area contributed by atoms with Crippen molar-refractivity contribution in [2.75, 3.05) is 13.1 Å². The lowest BCUT2D eigenvalue weighted by Crippen LogP contribution is -2.40. The molecule has 1 amide bonds. The Bertz CT molecular complexity index is 984. The molecule has 4 rings (SSSR count). The number of piperidine rings is 1. The minimum absolute atomic E-state index is 0.0107. The van der Waals surface area contributed by atoms with E-state index in [2.05, 4.69) is 4.98 Å². The number of benzene rings is 2. The highest BCUT2D eigenvalue weighted by Crippen LogP contribution is 2.25. The molecule has 3 aromatic rings. The van der Waals surface area contributed by atoms with E-state index in [4.69, 9.17) is 11.6 Å². The Morgan fingerprint density at radius 3 is 2.33 bits per heavy atom. The summed E-state index contributed by atoms with van der Waals surface area (Å²) in [5.74, 6) is 0.0107. The molecule has 1 aliphatic rings. The van der Waals surface area contributed by atoms with E-state index in [9.17, 15) is 9.59 Å². The second-order valence-corrected chi connectivity index (χ2v) is 7.21. The van der Waals surface area contributed by atoms with Gasteiger partial charge < -0.3 is 9.88 Å². The van der Waals surface area contributed by atoms with Crippen LogP contribution in [0.5, 0.6) is 0 Å². The normalized spacial score (nSPS) is 15.1. The Balaban J connectivity index is 1.45. The molecule has 0 bridgehead atoms. The molecule has 0 aliphatic carbocycles. The average molecular weight is 382 g/mol. The topological polar surface area (TPSA) is 58.1 Å². The fraction of sp³-hybridized carbons (Fsp3) is 0.238. The van der Waals surface area contributed by atoms with Gasteiger partial charge in [0.1, 0.15) is 0 Å². The molecule has 2 aromatic carbocycles.